The van der Waals surface area contributed by atoms with Crippen molar-refractivity contribution in [2.24, 2.45) is 0 Å². The Hall–Kier alpha value is 0.660. The number of hydrogen-bond donors (Lipinski definition) is 0. The van der Waals surface area contributed by atoms with Crippen molar-refractivity contribution in [3.8, 4) is 0 Å². The van der Waals surface area contributed by atoms with Crippen molar-refractivity contribution in [3.63, 3.8) is 0 Å². The first-order valence-corrected chi connectivity index (χ1v) is 4.98. The zero-order valence-electron chi connectivity index (χ0n) is 5.68. The van der Waals surface area contributed by atoms with E-state index in [1.165, 1.54) is 5.75 Å². The molecule has 0 aliphatic rings. The van der Waals surface area contributed by atoms with Crippen molar-refractivity contribution in [2.75, 3.05) is 24.9 Å². The number of rotatable bonds is 4. The third-order valence-corrected chi connectivity index (χ3v) is 2.30. The summed E-state index contributed by atoms with van der Waals surface area (Å²) in [7, 11) is 2.12. The van der Waals surface area contributed by atoms with Crippen LogP contribution in [0.4, 0.5) is 0 Å². The van der Waals surface area contributed by atoms with Gasteiger partial charge >= 0.3 is 0 Å². The second-order valence-corrected chi connectivity index (χ2v) is 3.76. The highest BCUT2D eigenvalue weighted by molar-refractivity contribution is 8.01. The monoisotopic (exact) mass is 151 g/mol. The summed E-state index contributed by atoms with van der Waals surface area (Å²) in [6.45, 7) is 2.17. The molecule has 0 heterocycles. The lowest BCUT2D eigenvalue weighted by Gasteiger charge is -2.10. The van der Waals surface area contributed by atoms with Gasteiger partial charge in [-0.05, 0) is 13.3 Å². The molecule has 50 valence electrons. The van der Waals surface area contributed by atoms with Gasteiger partial charge in [0.25, 0.3) is 0 Å². The Labute approximate surface area is 60.3 Å². The van der Waals surface area contributed by atoms with Gasteiger partial charge in [0.15, 0.2) is 0 Å². The minimum absolute atomic E-state index is 1.12. The van der Waals surface area contributed by atoms with Crippen molar-refractivity contribution >= 4 is 23.7 Å². The third-order valence-electron chi connectivity index (χ3n) is 0.660. The van der Waals surface area contributed by atoms with Crippen LogP contribution < -0.4 is 0 Å². The maximum atomic E-state index is 2.24. The van der Waals surface area contributed by atoms with E-state index >= 15 is 0 Å². The molecular formula is C5H13NS2. The summed E-state index contributed by atoms with van der Waals surface area (Å²) in [5.41, 5.74) is 0. The molecule has 0 atom stereocenters. The van der Waals surface area contributed by atoms with Gasteiger partial charge in [-0.15, -0.1) is 11.8 Å². The van der Waals surface area contributed by atoms with Crippen molar-refractivity contribution in [2.45, 2.75) is 6.92 Å². The molecular weight excluding hydrogens is 138 g/mol. The van der Waals surface area contributed by atoms with E-state index < -0.39 is 0 Å². The minimum atomic E-state index is 1.12. The van der Waals surface area contributed by atoms with Crippen LogP contribution in [0, 0.1) is 0 Å². The maximum Gasteiger partial charge on any atom is 0.0540 e. The van der Waals surface area contributed by atoms with Gasteiger partial charge in [0, 0.05) is 5.75 Å². The van der Waals surface area contributed by atoms with Crippen LogP contribution >= 0.6 is 23.7 Å². The van der Waals surface area contributed by atoms with Crippen molar-refractivity contribution < 1.29 is 0 Å². The predicted molar refractivity (Wildman–Crippen MR) is 44.3 cm³/mol. The van der Waals surface area contributed by atoms with Crippen LogP contribution in [-0.4, -0.2) is 29.2 Å². The zero-order chi connectivity index (χ0) is 6.41. The Morgan fingerprint density at radius 3 is 2.50 bits per heavy atom. The molecule has 0 saturated carbocycles. The van der Waals surface area contributed by atoms with Crippen LogP contribution in [0.2, 0.25) is 0 Å². The molecule has 1 nitrogen and oxygen atoms in total. The van der Waals surface area contributed by atoms with E-state index in [0.29, 0.717) is 0 Å². The number of hydrogen-bond acceptors (Lipinski definition) is 3. The molecule has 0 rings (SSSR count). The molecule has 0 aliphatic heterocycles. The standard InChI is InChI=1S/C5H13NS2/c1-4-8-6(2)5-7-3/h4-5H2,1-3H3. The van der Waals surface area contributed by atoms with E-state index in [1.54, 1.807) is 0 Å². The fourth-order valence-corrected chi connectivity index (χ4v) is 1.86. The lowest BCUT2D eigenvalue weighted by molar-refractivity contribution is 0.678. The van der Waals surface area contributed by atoms with E-state index in [1.807, 2.05) is 23.7 Å². The maximum absolute atomic E-state index is 2.24. The Kier molecular flexibility index (Phi) is 6.27. The van der Waals surface area contributed by atoms with E-state index in [0.717, 1.165) is 5.88 Å². The van der Waals surface area contributed by atoms with Crippen LogP contribution in [0.15, 0.2) is 0 Å². The van der Waals surface area contributed by atoms with Crippen molar-refractivity contribution in [1.29, 1.82) is 0 Å². The zero-order valence-corrected chi connectivity index (χ0v) is 7.31. The highest BCUT2D eigenvalue weighted by Crippen LogP contribution is 2.08. The van der Waals surface area contributed by atoms with Gasteiger partial charge in [-0.2, -0.15) is 0 Å². The molecule has 0 bridgehead atoms. The Bertz CT molecular complexity index is 43.7. The molecule has 0 spiro atoms. The van der Waals surface area contributed by atoms with Gasteiger partial charge in [0.2, 0.25) is 0 Å². The number of nitrogens with zero attached hydrogens (tertiary/aromatic N) is 1. The van der Waals surface area contributed by atoms with Gasteiger partial charge in [0.05, 0.1) is 5.88 Å². The average molecular weight is 151 g/mol. The molecule has 8 heavy (non-hydrogen) atoms. The van der Waals surface area contributed by atoms with Crippen LogP contribution in [0.3, 0.4) is 0 Å². The van der Waals surface area contributed by atoms with Crippen LogP contribution in [0.5, 0.6) is 0 Å². The molecule has 0 amide bonds. The van der Waals surface area contributed by atoms with Gasteiger partial charge < -0.3 is 0 Å². The smallest absolute Gasteiger partial charge is 0.0540 e. The van der Waals surface area contributed by atoms with E-state index in [9.17, 15) is 0 Å². The Balaban J connectivity index is 2.92. The van der Waals surface area contributed by atoms with Gasteiger partial charge in [-0.3, -0.25) is 0 Å². The summed E-state index contributed by atoms with van der Waals surface area (Å²) in [6.07, 6.45) is 2.12. The van der Waals surface area contributed by atoms with Crippen LogP contribution in [0.25, 0.3) is 0 Å². The van der Waals surface area contributed by atoms with Crippen LogP contribution in [-0.2, 0) is 0 Å². The highest BCUT2D eigenvalue weighted by atomic mass is 32.2. The molecule has 0 unspecified atom stereocenters. The number of thioether (sulfide) groups is 1. The summed E-state index contributed by atoms with van der Waals surface area (Å²) >= 11 is 3.72. The summed E-state index contributed by atoms with van der Waals surface area (Å²) in [4.78, 5) is 0. The molecule has 0 saturated heterocycles. The highest BCUT2D eigenvalue weighted by Gasteiger charge is 1.91. The SMILES string of the molecule is CCSN(C)CSC. The van der Waals surface area contributed by atoms with E-state index in [2.05, 4.69) is 24.5 Å². The fraction of sp³-hybridized carbons (Fsp3) is 1.00. The lowest BCUT2D eigenvalue weighted by Crippen LogP contribution is -2.07. The van der Waals surface area contributed by atoms with Gasteiger partial charge in [-0.25, -0.2) is 4.31 Å². The predicted octanol–water partition coefficient (Wildman–Crippen LogP) is 1.91. The van der Waals surface area contributed by atoms with Crippen molar-refractivity contribution in [1.82, 2.24) is 4.31 Å². The summed E-state index contributed by atoms with van der Waals surface area (Å²) in [6, 6.07) is 0. The Morgan fingerprint density at radius 2 is 2.12 bits per heavy atom. The minimum Gasteiger partial charge on any atom is -0.244 e. The molecule has 0 fully saturated rings. The van der Waals surface area contributed by atoms with E-state index in [4.69, 9.17) is 0 Å². The quantitative estimate of drug-likeness (QED) is 0.446. The second-order valence-electron chi connectivity index (χ2n) is 1.46. The van der Waals surface area contributed by atoms with Crippen LogP contribution in [0.1, 0.15) is 6.92 Å². The first-order valence-electron chi connectivity index (χ1n) is 2.64. The normalized spacial score (nSPS) is 10.5. The molecule has 0 aromatic rings. The fourth-order valence-electron chi connectivity index (χ4n) is 0.439. The summed E-state index contributed by atoms with van der Waals surface area (Å²) < 4.78 is 2.24. The second kappa shape index (κ2) is 5.79. The molecule has 0 aromatic heterocycles. The third kappa shape index (κ3) is 4.81. The van der Waals surface area contributed by atoms with Crippen molar-refractivity contribution in [3.05, 3.63) is 0 Å². The van der Waals surface area contributed by atoms with Gasteiger partial charge in [0.1, 0.15) is 0 Å². The first-order chi connectivity index (χ1) is 3.81. The largest absolute Gasteiger partial charge is 0.244 e. The lowest BCUT2D eigenvalue weighted by atomic mass is 11.0. The molecule has 0 aliphatic carbocycles. The summed E-state index contributed by atoms with van der Waals surface area (Å²) in [5.74, 6) is 2.30. The van der Waals surface area contributed by atoms with E-state index in [-0.39, 0.29) is 0 Å². The first kappa shape index (κ1) is 8.66. The summed E-state index contributed by atoms with van der Waals surface area (Å²) in [5, 5.41) is 0. The molecule has 0 N–H and O–H groups in total. The van der Waals surface area contributed by atoms with Gasteiger partial charge in [-0.1, -0.05) is 18.9 Å². The topological polar surface area (TPSA) is 3.24 Å². The molecule has 0 radical (unpaired) electrons. The Morgan fingerprint density at radius 1 is 1.50 bits per heavy atom. The molecule has 3 heteroatoms. The molecule has 0 aromatic carbocycles. The average Bonchev–Trinajstić information content (AvgIpc) is 1.68.